The fourth-order valence-electron chi connectivity index (χ4n) is 5.37. The number of carbonyl (C=O) groups is 3. The number of rotatable bonds is 2. The van der Waals surface area contributed by atoms with Crippen LogP contribution in [0.5, 0.6) is 0 Å². The second kappa shape index (κ2) is 7.38. The molecule has 0 aromatic heterocycles. The molecule has 0 bridgehead atoms. The number of nitrogens with zero attached hydrogens (tertiary/aromatic N) is 2. The first-order chi connectivity index (χ1) is 14.5. The molecular formula is C25H26N2O3. The number of likely N-dealkylation sites (tertiary alicyclic amines) is 1. The topological polar surface area (TPSA) is 57.7 Å². The van der Waals surface area contributed by atoms with E-state index in [-0.39, 0.29) is 17.7 Å². The molecule has 0 unspecified atom stereocenters. The molecule has 2 aromatic carbocycles. The molecule has 2 atom stereocenters. The van der Waals surface area contributed by atoms with E-state index in [1.807, 2.05) is 30.0 Å². The largest absolute Gasteiger partial charge is 0.338 e. The van der Waals surface area contributed by atoms with Crippen LogP contribution in [-0.2, 0) is 0 Å². The van der Waals surface area contributed by atoms with E-state index in [4.69, 9.17) is 0 Å². The zero-order valence-electron chi connectivity index (χ0n) is 17.3. The Balaban J connectivity index is 1.41. The monoisotopic (exact) mass is 402 g/mol. The molecule has 30 heavy (non-hydrogen) atoms. The maximum absolute atomic E-state index is 13.2. The third-order valence-corrected chi connectivity index (χ3v) is 7.07. The summed E-state index contributed by atoms with van der Waals surface area (Å²) in [5.41, 5.74) is 2.64. The minimum absolute atomic E-state index is 0.0311. The predicted octanol–water partition coefficient (Wildman–Crippen LogP) is 4.45. The summed E-state index contributed by atoms with van der Waals surface area (Å²) in [6, 6.07) is 12.3. The van der Waals surface area contributed by atoms with Gasteiger partial charge in [-0.05, 0) is 61.4 Å². The number of aryl methyl sites for hydroxylation is 1. The van der Waals surface area contributed by atoms with E-state index in [0.717, 1.165) is 31.0 Å². The number of anilines is 1. The number of hydrogen-bond donors (Lipinski definition) is 0. The van der Waals surface area contributed by atoms with Crippen LogP contribution in [0.3, 0.4) is 0 Å². The average molecular weight is 402 g/mol. The number of carbonyl (C=O) groups excluding carboxylic acids is 3. The smallest absolute Gasteiger partial charge is 0.266 e. The van der Waals surface area contributed by atoms with Crippen LogP contribution in [0, 0.1) is 18.8 Å². The Morgan fingerprint density at radius 2 is 1.63 bits per heavy atom. The van der Waals surface area contributed by atoms with E-state index >= 15 is 0 Å². The Kier molecular flexibility index (Phi) is 4.69. The van der Waals surface area contributed by atoms with Crippen molar-refractivity contribution in [2.75, 3.05) is 18.0 Å². The van der Waals surface area contributed by atoms with Gasteiger partial charge in [0.25, 0.3) is 17.7 Å². The Morgan fingerprint density at radius 3 is 2.43 bits per heavy atom. The van der Waals surface area contributed by atoms with Gasteiger partial charge in [0.2, 0.25) is 0 Å². The van der Waals surface area contributed by atoms with Gasteiger partial charge in [0.1, 0.15) is 0 Å². The Morgan fingerprint density at radius 1 is 0.900 bits per heavy atom. The van der Waals surface area contributed by atoms with Gasteiger partial charge in [-0.15, -0.1) is 0 Å². The van der Waals surface area contributed by atoms with Crippen LogP contribution >= 0.6 is 0 Å². The summed E-state index contributed by atoms with van der Waals surface area (Å²) in [5.74, 6) is 0.642. The van der Waals surface area contributed by atoms with E-state index < -0.39 is 0 Å². The first kappa shape index (κ1) is 19.0. The van der Waals surface area contributed by atoms with Crippen molar-refractivity contribution in [2.24, 2.45) is 11.8 Å². The number of imide groups is 1. The highest BCUT2D eigenvalue weighted by Crippen LogP contribution is 2.37. The molecule has 2 aliphatic heterocycles. The van der Waals surface area contributed by atoms with Crippen molar-refractivity contribution in [3.05, 3.63) is 64.7 Å². The summed E-state index contributed by atoms with van der Waals surface area (Å²) >= 11 is 0. The highest BCUT2D eigenvalue weighted by molar-refractivity contribution is 6.35. The molecule has 0 spiro atoms. The standard InChI is InChI=1S/C25H26N2O3/c1-16-6-2-5-9-22(16)27-24(29)20-11-10-18(14-21(20)25(27)30)23(28)26-13-12-17-7-3-4-8-19(17)15-26/h2,5-6,9-11,14,17,19H,3-4,7-8,12-13,15H2,1H3/t17-,19+/m0/s1. The average Bonchev–Trinajstić information content (AvgIpc) is 3.03. The summed E-state index contributed by atoms with van der Waals surface area (Å²) in [4.78, 5) is 42.3. The minimum Gasteiger partial charge on any atom is -0.338 e. The van der Waals surface area contributed by atoms with Crippen molar-refractivity contribution in [1.82, 2.24) is 4.90 Å². The Hall–Kier alpha value is -2.95. The molecule has 2 aromatic rings. The van der Waals surface area contributed by atoms with Crippen molar-refractivity contribution in [1.29, 1.82) is 0 Å². The van der Waals surface area contributed by atoms with Gasteiger partial charge in [-0.2, -0.15) is 0 Å². The summed E-state index contributed by atoms with van der Waals surface area (Å²) < 4.78 is 0. The van der Waals surface area contributed by atoms with Crippen molar-refractivity contribution in [2.45, 2.75) is 39.0 Å². The molecule has 1 saturated carbocycles. The van der Waals surface area contributed by atoms with Crippen LogP contribution in [-0.4, -0.2) is 35.7 Å². The van der Waals surface area contributed by atoms with Gasteiger partial charge >= 0.3 is 0 Å². The molecule has 0 radical (unpaired) electrons. The molecular weight excluding hydrogens is 376 g/mol. The van der Waals surface area contributed by atoms with Gasteiger partial charge < -0.3 is 4.90 Å². The van der Waals surface area contributed by atoms with E-state index in [0.29, 0.717) is 28.3 Å². The van der Waals surface area contributed by atoms with Gasteiger partial charge in [-0.25, -0.2) is 4.90 Å². The molecule has 3 amide bonds. The van der Waals surface area contributed by atoms with Crippen LogP contribution < -0.4 is 4.90 Å². The predicted molar refractivity (Wildman–Crippen MR) is 115 cm³/mol. The highest BCUT2D eigenvalue weighted by Gasteiger charge is 2.38. The third kappa shape index (κ3) is 3.04. The summed E-state index contributed by atoms with van der Waals surface area (Å²) in [5, 5.41) is 0. The second-order valence-electron chi connectivity index (χ2n) is 8.84. The molecule has 5 heteroatoms. The van der Waals surface area contributed by atoms with Crippen molar-refractivity contribution in [3.8, 4) is 0 Å². The number of amides is 3. The molecule has 5 rings (SSSR count). The molecule has 2 heterocycles. The minimum atomic E-state index is -0.357. The van der Waals surface area contributed by atoms with Crippen molar-refractivity contribution in [3.63, 3.8) is 0 Å². The SMILES string of the molecule is Cc1ccccc1N1C(=O)c2ccc(C(=O)N3CC[C@@H]4CCCC[C@@H]4C3)cc2C1=O. The number of benzene rings is 2. The Bertz CT molecular complexity index is 1040. The fourth-order valence-corrected chi connectivity index (χ4v) is 5.37. The molecule has 154 valence electrons. The first-order valence-electron chi connectivity index (χ1n) is 10.9. The van der Waals surface area contributed by atoms with Gasteiger partial charge in [-0.1, -0.05) is 37.5 Å². The van der Waals surface area contributed by atoms with Gasteiger partial charge in [0.05, 0.1) is 16.8 Å². The van der Waals surface area contributed by atoms with Gasteiger partial charge in [0.15, 0.2) is 0 Å². The lowest BCUT2D eigenvalue weighted by Crippen LogP contribution is -2.44. The quantitative estimate of drug-likeness (QED) is 0.698. The maximum Gasteiger partial charge on any atom is 0.266 e. The lowest BCUT2D eigenvalue weighted by molar-refractivity contribution is 0.0520. The zero-order valence-corrected chi connectivity index (χ0v) is 17.3. The number of fused-ring (bicyclic) bond motifs is 2. The second-order valence-corrected chi connectivity index (χ2v) is 8.84. The van der Waals surface area contributed by atoms with Crippen LogP contribution in [0.4, 0.5) is 5.69 Å². The molecule has 1 aliphatic carbocycles. The molecule has 2 fully saturated rings. The molecule has 5 nitrogen and oxygen atoms in total. The normalized spacial score (nSPS) is 23.4. The zero-order chi connectivity index (χ0) is 20.8. The van der Waals surface area contributed by atoms with Crippen LogP contribution in [0.25, 0.3) is 0 Å². The third-order valence-electron chi connectivity index (χ3n) is 7.07. The van der Waals surface area contributed by atoms with Gasteiger partial charge in [-0.3, -0.25) is 14.4 Å². The first-order valence-corrected chi connectivity index (χ1v) is 10.9. The lowest BCUT2D eigenvalue weighted by Gasteiger charge is -2.41. The van der Waals surface area contributed by atoms with Crippen LogP contribution in [0.2, 0.25) is 0 Å². The molecule has 3 aliphatic rings. The summed E-state index contributed by atoms with van der Waals surface area (Å²) in [6.07, 6.45) is 6.13. The number of para-hydroxylation sites is 1. The maximum atomic E-state index is 13.2. The van der Waals surface area contributed by atoms with E-state index in [1.165, 1.54) is 30.6 Å². The highest BCUT2D eigenvalue weighted by atomic mass is 16.2. The van der Waals surface area contributed by atoms with Crippen molar-refractivity contribution < 1.29 is 14.4 Å². The van der Waals surface area contributed by atoms with Crippen molar-refractivity contribution >= 4 is 23.4 Å². The van der Waals surface area contributed by atoms with E-state index in [2.05, 4.69) is 0 Å². The summed E-state index contributed by atoms with van der Waals surface area (Å²) in [7, 11) is 0. The lowest BCUT2D eigenvalue weighted by atomic mass is 9.75. The Labute approximate surface area is 176 Å². The molecule has 0 N–H and O–H groups in total. The van der Waals surface area contributed by atoms with Crippen LogP contribution in [0.15, 0.2) is 42.5 Å². The fraction of sp³-hybridized carbons (Fsp3) is 0.400. The van der Waals surface area contributed by atoms with E-state index in [9.17, 15) is 14.4 Å². The van der Waals surface area contributed by atoms with Gasteiger partial charge in [0, 0.05) is 18.7 Å². The summed E-state index contributed by atoms with van der Waals surface area (Å²) in [6.45, 7) is 3.46. The number of piperidine rings is 1. The van der Waals surface area contributed by atoms with E-state index in [1.54, 1.807) is 24.3 Å². The number of hydrogen-bond acceptors (Lipinski definition) is 3. The molecule has 1 saturated heterocycles. The van der Waals surface area contributed by atoms with Crippen LogP contribution in [0.1, 0.15) is 68.7 Å².